The van der Waals surface area contributed by atoms with E-state index in [-0.39, 0.29) is 0 Å². The Morgan fingerprint density at radius 3 is 2.46 bits per heavy atom. The third-order valence-corrected chi connectivity index (χ3v) is 3.40. The van der Waals surface area contributed by atoms with E-state index in [1.165, 1.54) is 20.1 Å². The zero-order valence-electron chi connectivity index (χ0n) is 9.85. The fourth-order valence-corrected chi connectivity index (χ4v) is 2.24. The van der Waals surface area contributed by atoms with Gasteiger partial charge in [-0.25, -0.2) is 0 Å². The molecule has 0 bridgehead atoms. The highest BCUT2D eigenvalue weighted by Gasteiger charge is 2.51. The predicted molar refractivity (Wildman–Crippen MR) is 61.6 cm³/mol. The summed E-state index contributed by atoms with van der Waals surface area (Å²) in [5.74, 6) is 1.69. The van der Waals surface area contributed by atoms with Gasteiger partial charge in [0, 0.05) is 6.04 Å². The number of hydrogen-bond acceptors (Lipinski definition) is 1. The molecule has 3 atom stereocenters. The maximum absolute atomic E-state index is 3.64. The maximum atomic E-state index is 3.64. The van der Waals surface area contributed by atoms with E-state index >= 15 is 0 Å². The quantitative estimate of drug-likeness (QED) is 0.642. The van der Waals surface area contributed by atoms with Crippen LogP contribution in [0.2, 0.25) is 5.31 Å². The van der Waals surface area contributed by atoms with Gasteiger partial charge in [0.25, 0.3) is 0 Å². The zero-order valence-corrected chi connectivity index (χ0v) is 9.85. The first kappa shape index (κ1) is 11.1. The molecular formula is C11H24BN. The van der Waals surface area contributed by atoms with Crippen molar-refractivity contribution in [1.29, 1.82) is 0 Å². The summed E-state index contributed by atoms with van der Waals surface area (Å²) >= 11 is 0. The lowest BCUT2D eigenvalue weighted by molar-refractivity contribution is 0.422. The molecule has 0 aromatic heterocycles. The first-order valence-corrected chi connectivity index (χ1v) is 5.74. The molecule has 13 heavy (non-hydrogen) atoms. The van der Waals surface area contributed by atoms with Gasteiger partial charge in [-0.2, -0.15) is 0 Å². The smallest absolute Gasteiger partial charge is 0.149 e. The topological polar surface area (TPSA) is 12.0 Å². The van der Waals surface area contributed by atoms with Crippen LogP contribution in [0.1, 0.15) is 47.5 Å². The third-order valence-electron chi connectivity index (χ3n) is 3.40. The van der Waals surface area contributed by atoms with Gasteiger partial charge in [-0.15, -0.1) is 0 Å². The Morgan fingerprint density at radius 2 is 2.00 bits per heavy atom. The van der Waals surface area contributed by atoms with Crippen molar-refractivity contribution in [3.8, 4) is 0 Å². The molecule has 1 aliphatic rings. The molecule has 1 nitrogen and oxygen atoms in total. The minimum Gasteiger partial charge on any atom is -0.319 e. The molecule has 1 saturated heterocycles. The standard InChI is InChI=1S/C11H24BN/c1-6-9(4)7-11(5)10(12-11)13-8(2)3/h8-10,12-13H,6-7H2,1-5H3. The van der Waals surface area contributed by atoms with Gasteiger partial charge in [0.2, 0.25) is 0 Å². The second kappa shape index (κ2) is 4.04. The summed E-state index contributed by atoms with van der Waals surface area (Å²) in [6, 6.07) is 0.642. The second-order valence-electron chi connectivity index (χ2n) is 5.45. The van der Waals surface area contributed by atoms with Crippen molar-refractivity contribution in [3.63, 3.8) is 0 Å². The van der Waals surface area contributed by atoms with Gasteiger partial charge in [-0.3, -0.25) is 0 Å². The molecule has 0 aromatic rings. The zero-order chi connectivity index (χ0) is 10.1. The van der Waals surface area contributed by atoms with Crippen LogP contribution in [0, 0.1) is 5.92 Å². The van der Waals surface area contributed by atoms with E-state index in [4.69, 9.17) is 0 Å². The van der Waals surface area contributed by atoms with Gasteiger partial charge < -0.3 is 5.32 Å². The van der Waals surface area contributed by atoms with Crippen LogP contribution in [0.5, 0.6) is 0 Å². The Kier molecular flexibility index (Phi) is 3.45. The molecule has 0 radical (unpaired) electrons. The monoisotopic (exact) mass is 181 g/mol. The van der Waals surface area contributed by atoms with Crippen molar-refractivity contribution >= 4 is 7.28 Å². The summed E-state index contributed by atoms with van der Waals surface area (Å²) in [7, 11) is 1.38. The molecule has 1 rings (SSSR count). The summed E-state index contributed by atoms with van der Waals surface area (Å²) in [5, 5.41) is 4.25. The first-order chi connectivity index (χ1) is 5.98. The molecule has 1 heterocycles. The molecule has 0 saturated carbocycles. The highest BCUT2D eigenvalue weighted by Crippen LogP contribution is 2.50. The number of rotatable bonds is 5. The lowest BCUT2D eigenvalue weighted by Gasteiger charge is -2.19. The van der Waals surface area contributed by atoms with Crippen molar-refractivity contribution in [3.05, 3.63) is 0 Å². The van der Waals surface area contributed by atoms with Crippen LogP contribution in [0.15, 0.2) is 0 Å². The van der Waals surface area contributed by atoms with Crippen LogP contribution in [0.3, 0.4) is 0 Å². The molecule has 0 aromatic carbocycles. The Labute approximate surface area is 83.9 Å². The van der Waals surface area contributed by atoms with E-state index in [9.17, 15) is 0 Å². The highest BCUT2D eigenvalue weighted by molar-refractivity contribution is 6.56. The highest BCUT2D eigenvalue weighted by atomic mass is 15.0. The normalized spacial score (nSPS) is 34.5. The van der Waals surface area contributed by atoms with Crippen LogP contribution < -0.4 is 5.32 Å². The van der Waals surface area contributed by atoms with Gasteiger partial charge in [0.05, 0.1) is 0 Å². The van der Waals surface area contributed by atoms with Gasteiger partial charge >= 0.3 is 0 Å². The average Bonchev–Trinajstić information content (AvgIpc) is 2.59. The first-order valence-electron chi connectivity index (χ1n) is 5.74. The molecule has 0 amide bonds. The van der Waals surface area contributed by atoms with Crippen LogP contribution in [0.4, 0.5) is 0 Å². The Bertz CT molecular complexity index is 169. The van der Waals surface area contributed by atoms with Crippen molar-refractivity contribution in [2.45, 2.75) is 64.8 Å². The van der Waals surface area contributed by atoms with Crippen molar-refractivity contribution in [2.75, 3.05) is 0 Å². The molecular weight excluding hydrogens is 157 g/mol. The summed E-state index contributed by atoms with van der Waals surface area (Å²) in [4.78, 5) is 0. The molecule has 76 valence electrons. The van der Waals surface area contributed by atoms with Crippen molar-refractivity contribution < 1.29 is 0 Å². The van der Waals surface area contributed by atoms with E-state index in [0.717, 1.165) is 11.9 Å². The third kappa shape index (κ3) is 3.01. The van der Waals surface area contributed by atoms with Crippen LogP contribution in [0.25, 0.3) is 0 Å². The second-order valence-corrected chi connectivity index (χ2v) is 5.45. The van der Waals surface area contributed by atoms with Gasteiger partial charge in [-0.1, -0.05) is 47.5 Å². The molecule has 0 spiro atoms. The maximum Gasteiger partial charge on any atom is 0.149 e. The predicted octanol–water partition coefficient (Wildman–Crippen LogP) is 2.38. The minimum absolute atomic E-state index is 0.611. The summed E-state index contributed by atoms with van der Waals surface area (Å²) in [6.07, 6.45) is 2.72. The van der Waals surface area contributed by atoms with Gasteiger partial charge in [0.1, 0.15) is 7.28 Å². The summed E-state index contributed by atoms with van der Waals surface area (Å²) < 4.78 is 0. The molecule has 3 unspecified atom stereocenters. The van der Waals surface area contributed by atoms with E-state index in [2.05, 4.69) is 39.9 Å². The fraction of sp³-hybridized carbons (Fsp3) is 1.00. The molecule has 1 N–H and O–H groups in total. The van der Waals surface area contributed by atoms with Crippen LogP contribution in [-0.4, -0.2) is 19.3 Å². The molecule has 2 heteroatoms. The number of hydrogen-bond donors (Lipinski definition) is 1. The molecule has 1 aliphatic heterocycles. The number of nitrogens with one attached hydrogen (secondary N) is 1. The van der Waals surface area contributed by atoms with Crippen molar-refractivity contribution in [2.24, 2.45) is 5.92 Å². The Hall–Kier alpha value is 0.0249. The Balaban J connectivity index is 2.28. The fourth-order valence-electron chi connectivity index (χ4n) is 2.24. The molecule has 0 aliphatic carbocycles. The van der Waals surface area contributed by atoms with Gasteiger partial charge in [-0.05, 0) is 17.2 Å². The van der Waals surface area contributed by atoms with Crippen LogP contribution in [-0.2, 0) is 0 Å². The lowest BCUT2D eigenvalue weighted by Crippen LogP contribution is -2.28. The van der Waals surface area contributed by atoms with Crippen LogP contribution >= 0.6 is 0 Å². The summed E-state index contributed by atoms with van der Waals surface area (Å²) in [6.45, 7) is 11.6. The van der Waals surface area contributed by atoms with Gasteiger partial charge in [0.15, 0.2) is 0 Å². The SMILES string of the molecule is CCC(C)CC1(C)BC1NC(C)C. The summed E-state index contributed by atoms with van der Waals surface area (Å²) in [5.41, 5.74) is 0. The van der Waals surface area contributed by atoms with E-state index in [1.54, 1.807) is 0 Å². The van der Waals surface area contributed by atoms with E-state index < -0.39 is 0 Å². The van der Waals surface area contributed by atoms with Crippen molar-refractivity contribution in [1.82, 2.24) is 5.32 Å². The van der Waals surface area contributed by atoms with E-state index in [1.807, 2.05) is 0 Å². The lowest BCUT2D eigenvalue weighted by atomic mass is 9.81. The average molecular weight is 181 g/mol. The Morgan fingerprint density at radius 1 is 1.38 bits per heavy atom. The van der Waals surface area contributed by atoms with E-state index in [0.29, 0.717) is 11.4 Å². The molecule has 1 fully saturated rings. The minimum atomic E-state index is 0.611. The largest absolute Gasteiger partial charge is 0.319 e.